The van der Waals surface area contributed by atoms with Gasteiger partial charge in [-0.25, -0.2) is 0 Å². The first-order valence-electron chi connectivity index (χ1n) is 5.55. The first kappa shape index (κ1) is 12.8. The molecular formula is C14H16NPSe. The molecule has 0 saturated carbocycles. The minimum absolute atomic E-state index is 1.37. The van der Waals surface area contributed by atoms with Crippen LogP contribution in [0.4, 0.5) is 0 Å². The van der Waals surface area contributed by atoms with Crippen molar-refractivity contribution in [3.63, 3.8) is 0 Å². The average Bonchev–Trinajstić information content (AvgIpc) is 2.39. The van der Waals surface area contributed by atoms with Crippen LogP contribution < -0.4 is 10.6 Å². The van der Waals surface area contributed by atoms with Gasteiger partial charge < -0.3 is 0 Å². The van der Waals surface area contributed by atoms with Gasteiger partial charge in [0.15, 0.2) is 0 Å². The molecule has 3 heteroatoms. The van der Waals surface area contributed by atoms with Gasteiger partial charge in [0.1, 0.15) is 0 Å². The van der Waals surface area contributed by atoms with Crippen molar-refractivity contribution in [1.82, 2.24) is 4.67 Å². The molecule has 0 N–H and O–H groups in total. The standard InChI is InChI=1S/C14H16NPSe/c1-15(2)16(17,13-9-5-3-6-10-13)14-11-7-4-8-12-14/h3-12H,1-2H3. The Morgan fingerprint density at radius 3 is 1.41 bits per heavy atom. The Kier molecular flexibility index (Phi) is 4.01. The zero-order valence-electron chi connectivity index (χ0n) is 10.1. The SMILES string of the molecule is CN(C)P(=[Se])(c1ccccc1)c1ccccc1. The van der Waals surface area contributed by atoms with E-state index >= 15 is 0 Å². The molecule has 2 aromatic carbocycles. The fourth-order valence-electron chi connectivity index (χ4n) is 1.87. The summed E-state index contributed by atoms with van der Waals surface area (Å²) in [5.41, 5.74) is -1.54. The number of nitrogens with zero attached hydrogens (tertiary/aromatic N) is 1. The van der Waals surface area contributed by atoms with Crippen LogP contribution in [0, 0.1) is 0 Å². The van der Waals surface area contributed by atoms with E-state index in [1.165, 1.54) is 10.6 Å². The molecular weight excluding hydrogens is 292 g/mol. The molecule has 0 fully saturated rings. The van der Waals surface area contributed by atoms with Crippen molar-refractivity contribution in [2.75, 3.05) is 14.1 Å². The molecule has 2 aromatic rings. The van der Waals surface area contributed by atoms with E-state index in [2.05, 4.69) is 94.5 Å². The molecule has 0 amide bonds. The van der Waals surface area contributed by atoms with Crippen LogP contribution in [0.15, 0.2) is 60.7 Å². The van der Waals surface area contributed by atoms with E-state index in [1.54, 1.807) is 0 Å². The van der Waals surface area contributed by atoms with Gasteiger partial charge in [0, 0.05) is 0 Å². The van der Waals surface area contributed by atoms with E-state index in [0.29, 0.717) is 0 Å². The molecule has 0 aliphatic heterocycles. The molecule has 17 heavy (non-hydrogen) atoms. The normalized spacial score (nSPS) is 11.7. The van der Waals surface area contributed by atoms with Crippen molar-refractivity contribution in [1.29, 1.82) is 0 Å². The second-order valence-corrected chi connectivity index (χ2v) is 10.4. The summed E-state index contributed by atoms with van der Waals surface area (Å²) in [6.07, 6.45) is 0. The molecule has 0 aromatic heterocycles. The molecule has 2 rings (SSSR count). The minimum atomic E-state index is -1.54. The van der Waals surface area contributed by atoms with Gasteiger partial charge in [-0.15, -0.1) is 0 Å². The van der Waals surface area contributed by atoms with Crippen LogP contribution in [0.2, 0.25) is 0 Å². The maximum absolute atomic E-state index is 3.46. The van der Waals surface area contributed by atoms with E-state index < -0.39 is 5.66 Å². The summed E-state index contributed by atoms with van der Waals surface area (Å²) in [6.45, 7) is 0. The van der Waals surface area contributed by atoms with Crippen molar-refractivity contribution in [2.24, 2.45) is 0 Å². The number of hydrogen-bond donors (Lipinski definition) is 0. The summed E-state index contributed by atoms with van der Waals surface area (Å²) in [5.74, 6) is 0. The van der Waals surface area contributed by atoms with E-state index in [0.717, 1.165) is 0 Å². The second kappa shape index (κ2) is 5.33. The van der Waals surface area contributed by atoms with E-state index in [9.17, 15) is 0 Å². The van der Waals surface area contributed by atoms with Crippen molar-refractivity contribution in [3.8, 4) is 0 Å². The molecule has 88 valence electrons. The molecule has 0 bridgehead atoms. The predicted octanol–water partition coefficient (Wildman–Crippen LogP) is 2.22. The third-order valence-corrected chi connectivity index (χ3v) is 10.6. The van der Waals surface area contributed by atoms with Gasteiger partial charge in [-0.05, 0) is 0 Å². The van der Waals surface area contributed by atoms with Crippen LogP contribution in [0.5, 0.6) is 0 Å². The van der Waals surface area contributed by atoms with E-state index in [4.69, 9.17) is 0 Å². The molecule has 0 aliphatic rings. The number of benzene rings is 2. The van der Waals surface area contributed by atoms with Gasteiger partial charge in [0.05, 0.1) is 0 Å². The van der Waals surface area contributed by atoms with Crippen molar-refractivity contribution >= 4 is 31.4 Å². The Hall–Kier alpha value is -0.651. The Bertz CT molecular complexity index is 479. The van der Waals surface area contributed by atoms with E-state index in [-0.39, 0.29) is 0 Å². The van der Waals surface area contributed by atoms with Gasteiger partial charge in [-0.1, -0.05) is 0 Å². The zero-order valence-corrected chi connectivity index (χ0v) is 12.7. The number of hydrogen-bond acceptors (Lipinski definition) is 1. The monoisotopic (exact) mass is 309 g/mol. The summed E-state index contributed by atoms with van der Waals surface area (Å²) >= 11 is 3.46. The van der Waals surface area contributed by atoms with Crippen LogP contribution in [0.25, 0.3) is 0 Å². The first-order chi connectivity index (χ1) is 8.15. The van der Waals surface area contributed by atoms with Gasteiger partial charge in [-0.3, -0.25) is 0 Å². The fourth-order valence-corrected chi connectivity index (χ4v) is 5.78. The fraction of sp³-hybridized carbons (Fsp3) is 0.143. The van der Waals surface area contributed by atoms with E-state index in [1.807, 2.05) is 0 Å². The molecule has 0 spiro atoms. The summed E-state index contributed by atoms with van der Waals surface area (Å²) < 4.78 is 2.32. The van der Waals surface area contributed by atoms with Gasteiger partial charge in [0.25, 0.3) is 0 Å². The third-order valence-electron chi connectivity index (χ3n) is 2.78. The van der Waals surface area contributed by atoms with Crippen LogP contribution in [0.1, 0.15) is 0 Å². The molecule has 0 atom stereocenters. The van der Waals surface area contributed by atoms with Crippen LogP contribution in [-0.4, -0.2) is 33.9 Å². The van der Waals surface area contributed by atoms with Crippen LogP contribution in [0.3, 0.4) is 0 Å². The maximum atomic E-state index is 3.46. The quantitative estimate of drug-likeness (QED) is 0.621. The topological polar surface area (TPSA) is 3.24 Å². The van der Waals surface area contributed by atoms with Crippen LogP contribution in [-0.2, 0) is 0 Å². The number of rotatable bonds is 3. The first-order valence-corrected chi connectivity index (χ1v) is 9.50. The molecule has 0 radical (unpaired) electrons. The zero-order chi connectivity index (χ0) is 12.3. The van der Waals surface area contributed by atoms with Gasteiger partial charge in [-0.2, -0.15) is 0 Å². The molecule has 1 nitrogen and oxygen atoms in total. The Labute approximate surface area is 111 Å². The van der Waals surface area contributed by atoms with Crippen molar-refractivity contribution < 1.29 is 0 Å². The Morgan fingerprint density at radius 2 is 1.12 bits per heavy atom. The van der Waals surface area contributed by atoms with Gasteiger partial charge in [0.2, 0.25) is 0 Å². The van der Waals surface area contributed by atoms with Crippen molar-refractivity contribution in [3.05, 3.63) is 60.7 Å². The Morgan fingerprint density at radius 1 is 0.765 bits per heavy atom. The predicted molar refractivity (Wildman–Crippen MR) is 78.5 cm³/mol. The van der Waals surface area contributed by atoms with Crippen LogP contribution >= 0.6 is 5.66 Å². The Balaban J connectivity index is 2.60. The second-order valence-electron chi connectivity index (χ2n) is 4.09. The summed E-state index contributed by atoms with van der Waals surface area (Å²) in [5, 5.41) is 2.74. The molecule has 0 heterocycles. The summed E-state index contributed by atoms with van der Waals surface area (Å²) in [6, 6.07) is 21.4. The average molecular weight is 308 g/mol. The molecule has 0 unspecified atom stereocenters. The summed E-state index contributed by atoms with van der Waals surface area (Å²) in [4.78, 5) is 0. The summed E-state index contributed by atoms with van der Waals surface area (Å²) in [7, 11) is 4.29. The van der Waals surface area contributed by atoms with Crippen molar-refractivity contribution in [2.45, 2.75) is 0 Å². The van der Waals surface area contributed by atoms with Gasteiger partial charge >= 0.3 is 111 Å². The molecule has 0 saturated heterocycles. The third kappa shape index (κ3) is 2.46. The molecule has 0 aliphatic carbocycles.